The zero-order valence-electron chi connectivity index (χ0n) is 21.4. The van der Waals surface area contributed by atoms with Crippen LogP contribution in [0.1, 0.15) is 18.9 Å². The second kappa shape index (κ2) is 12.4. The van der Waals surface area contributed by atoms with E-state index < -0.39 is 0 Å². The lowest BCUT2D eigenvalue weighted by Crippen LogP contribution is -2.24. The molecule has 1 N–H and O–H groups in total. The number of hydrogen-bond donors (Lipinski definition) is 1. The van der Waals surface area contributed by atoms with Crippen LogP contribution in [0.5, 0.6) is 11.5 Å². The van der Waals surface area contributed by atoms with E-state index in [-0.39, 0.29) is 12.5 Å². The molecule has 5 aromatic rings. The average molecular weight is 583 g/mol. The van der Waals surface area contributed by atoms with Crippen LogP contribution in [0.3, 0.4) is 0 Å². The van der Waals surface area contributed by atoms with E-state index in [9.17, 15) is 4.79 Å². The Kier molecular flexibility index (Phi) is 8.33. The number of fused-ring (bicyclic) bond motifs is 1. The number of amides is 1. The van der Waals surface area contributed by atoms with Crippen LogP contribution in [0, 0.1) is 0 Å². The third kappa shape index (κ3) is 6.35. The first-order valence-corrected chi connectivity index (χ1v) is 13.4. The van der Waals surface area contributed by atoms with Crippen molar-refractivity contribution in [2.24, 2.45) is 5.10 Å². The highest BCUT2D eigenvalue weighted by molar-refractivity contribution is 9.10. The highest BCUT2D eigenvalue weighted by atomic mass is 79.9. The number of hydrogen-bond acceptors (Lipinski definition) is 5. The van der Waals surface area contributed by atoms with Crippen molar-refractivity contribution in [3.05, 3.63) is 107 Å². The van der Waals surface area contributed by atoms with Crippen molar-refractivity contribution in [2.75, 3.05) is 13.2 Å². The Balaban J connectivity index is 1.30. The van der Waals surface area contributed by atoms with E-state index in [0.29, 0.717) is 12.4 Å². The molecule has 8 heteroatoms. The minimum atomic E-state index is -0.374. The molecule has 0 spiro atoms. The molecule has 0 saturated carbocycles. The molecule has 1 heterocycles. The van der Waals surface area contributed by atoms with Gasteiger partial charge < -0.3 is 9.47 Å². The number of rotatable bonds is 10. The van der Waals surface area contributed by atoms with Crippen molar-refractivity contribution in [2.45, 2.75) is 13.3 Å². The van der Waals surface area contributed by atoms with Crippen molar-refractivity contribution in [1.82, 2.24) is 15.2 Å². The van der Waals surface area contributed by atoms with E-state index in [1.165, 1.54) is 0 Å². The maximum absolute atomic E-state index is 12.5. The van der Waals surface area contributed by atoms with Crippen LogP contribution in [0.2, 0.25) is 0 Å². The highest BCUT2D eigenvalue weighted by Gasteiger charge is 2.12. The number of nitrogens with zero attached hydrogens (tertiary/aromatic N) is 3. The Bertz CT molecular complexity index is 1600. The van der Waals surface area contributed by atoms with Crippen LogP contribution < -0.4 is 14.9 Å². The van der Waals surface area contributed by atoms with Crippen LogP contribution in [0.4, 0.5) is 0 Å². The van der Waals surface area contributed by atoms with Gasteiger partial charge in [-0.15, -0.1) is 0 Å². The Morgan fingerprint density at radius 2 is 1.74 bits per heavy atom. The molecule has 0 unspecified atom stereocenters. The zero-order chi connectivity index (χ0) is 27.0. The summed E-state index contributed by atoms with van der Waals surface area (Å²) in [5, 5.41) is 11.1. The van der Waals surface area contributed by atoms with E-state index in [4.69, 9.17) is 14.6 Å². The molecule has 0 atom stereocenters. The molecule has 0 bridgehead atoms. The molecule has 5 rings (SSSR count). The van der Waals surface area contributed by atoms with Gasteiger partial charge in [-0.25, -0.2) is 10.1 Å². The number of nitrogens with one attached hydrogen (secondary N) is 1. The second-order valence-corrected chi connectivity index (χ2v) is 9.56. The van der Waals surface area contributed by atoms with Gasteiger partial charge in [0.05, 0.1) is 23.0 Å². The molecule has 0 radical (unpaired) electrons. The summed E-state index contributed by atoms with van der Waals surface area (Å²) in [7, 11) is 0. The topological polar surface area (TPSA) is 77.7 Å². The lowest BCUT2D eigenvalue weighted by Gasteiger charge is -2.09. The van der Waals surface area contributed by atoms with Crippen molar-refractivity contribution < 1.29 is 14.3 Å². The summed E-state index contributed by atoms with van der Waals surface area (Å²) >= 11 is 3.58. The molecule has 0 saturated heterocycles. The third-order valence-electron chi connectivity index (χ3n) is 5.94. The third-order valence-corrected chi connectivity index (χ3v) is 6.76. The summed E-state index contributed by atoms with van der Waals surface area (Å²) in [5.41, 5.74) is 5.86. The van der Waals surface area contributed by atoms with Gasteiger partial charge in [-0.2, -0.15) is 10.2 Å². The van der Waals surface area contributed by atoms with Crippen LogP contribution in [0.25, 0.3) is 27.7 Å². The van der Waals surface area contributed by atoms with Gasteiger partial charge in [0.2, 0.25) is 0 Å². The second-order valence-electron chi connectivity index (χ2n) is 8.77. The summed E-state index contributed by atoms with van der Waals surface area (Å²) in [6.07, 6.45) is 4.41. The Morgan fingerprint density at radius 3 is 2.54 bits per heavy atom. The fraction of sp³-hybridized carbons (Fsp3) is 0.129. The first-order valence-electron chi connectivity index (χ1n) is 12.6. The van der Waals surface area contributed by atoms with Crippen LogP contribution in [-0.2, 0) is 4.79 Å². The molecule has 4 aromatic carbocycles. The fourth-order valence-electron chi connectivity index (χ4n) is 4.02. The van der Waals surface area contributed by atoms with Crippen molar-refractivity contribution >= 4 is 38.8 Å². The summed E-state index contributed by atoms with van der Waals surface area (Å²) in [4.78, 5) is 12.5. The molecule has 0 aliphatic carbocycles. The van der Waals surface area contributed by atoms with Gasteiger partial charge >= 0.3 is 0 Å². The molecule has 196 valence electrons. The van der Waals surface area contributed by atoms with Crippen LogP contribution in [0.15, 0.2) is 107 Å². The van der Waals surface area contributed by atoms with E-state index in [0.717, 1.165) is 49.9 Å². The number of para-hydroxylation sites is 1. The van der Waals surface area contributed by atoms with E-state index in [1.807, 2.05) is 97.2 Å². The molecular formula is C31H27BrN4O3. The molecule has 7 nitrogen and oxygen atoms in total. The number of carbonyl (C=O) groups excluding carboxylic acids is 1. The predicted molar refractivity (Wildman–Crippen MR) is 158 cm³/mol. The van der Waals surface area contributed by atoms with Crippen molar-refractivity contribution in [3.8, 4) is 28.4 Å². The summed E-state index contributed by atoms with van der Waals surface area (Å²) in [6.45, 7) is 2.56. The van der Waals surface area contributed by atoms with Gasteiger partial charge in [-0.05, 0) is 75.6 Å². The average Bonchev–Trinajstić information content (AvgIpc) is 3.41. The molecule has 0 aliphatic heterocycles. The Morgan fingerprint density at radius 1 is 0.974 bits per heavy atom. The Labute approximate surface area is 235 Å². The number of halogens is 1. The smallest absolute Gasteiger partial charge is 0.277 e. The van der Waals surface area contributed by atoms with Gasteiger partial charge in [-0.1, -0.05) is 55.5 Å². The Hall–Kier alpha value is -4.43. The quantitative estimate of drug-likeness (QED) is 0.145. The van der Waals surface area contributed by atoms with Gasteiger partial charge in [0.15, 0.2) is 6.61 Å². The number of ether oxygens (including phenoxy) is 2. The van der Waals surface area contributed by atoms with Gasteiger partial charge in [0.1, 0.15) is 17.2 Å². The highest BCUT2D eigenvalue weighted by Crippen LogP contribution is 2.33. The predicted octanol–water partition coefficient (Wildman–Crippen LogP) is 6.77. The minimum Gasteiger partial charge on any atom is -0.494 e. The SMILES string of the molecule is CCCOc1ccc(-c2nn(-c3ccccc3)cc2/C=N/NC(=O)COc2ccc3ccccc3c2Br)cc1. The molecule has 0 fully saturated rings. The standard InChI is InChI=1S/C31H27BrN4O3/c1-2-18-38-26-15-12-23(13-16-26)31-24(20-36(35-31)25-9-4-3-5-10-25)19-33-34-29(37)21-39-28-17-14-22-8-6-7-11-27(22)30(28)32/h3-17,19-20H,2,18,21H2,1H3,(H,34,37)/b33-19+. The van der Waals surface area contributed by atoms with Gasteiger partial charge in [0, 0.05) is 17.3 Å². The lowest BCUT2D eigenvalue weighted by molar-refractivity contribution is -0.123. The van der Waals surface area contributed by atoms with Crippen molar-refractivity contribution in [3.63, 3.8) is 0 Å². The van der Waals surface area contributed by atoms with E-state index >= 15 is 0 Å². The number of carbonyl (C=O) groups is 1. The summed E-state index contributed by atoms with van der Waals surface area (Å²) < 4.78 is 14.1. The molecular weight excluding hydrogens is 556 g/mol. The van der Waals surface area contributed by atoms with Crippen LogP contribution >= 0.6 is 15.9 Å². The zero-order valence-corrected chi connectivity index (χ0v) is 23.0. The van der Waals surface area contributed by atoms with E-state index in [2.05, 4.69) is 33.4 Å². The summed E-state index contributed by atoms with van der Waals surface area (Å²) in [6, 6.07) is 29.4. The monoisotopic (exact) mass is 582 g/mol. The number of hydrazone groups is 1. The minimum absolute atomic E-state index is 0.177. The first-order chi connectivity index (χ1) is 19.1. The molecule has 0 aliphatic rings. The summed E-state index contributed by atoms with van der Waals surface area (Å²) in [5.74, 6) is 1.02. The molecule has 1 aromatic heterocycles. The van der Waals surface area contributed by atoms with E-state index in [1.54, 1.807) is 10.9 Å². The lowest BCUT2D eigenvalue weighted by atomic mass is 10.1. The normalized spacial score (nSPS) is 11.1. The largest absolute Gasteiger partial charge is 0.494 e. The first kappa shape index (κ1) is 26.2. The number of benzene rings is 4. The van der Waals surface area contributed by atoms with Crippen LogP contribution in [-0.4, -0.2) is 35.1 Å². The number of aromatic nitrogens is 2. The fourth-order valence-corrected chi connectivity index (χ4v) is 4.63. The molecule has 1 amide bonds. The van der Waals surface area contributed by atoms with Crippen molar-refractivity contribution in [1.29, 1.82) is 0 Å². The maximum atomic E-state index is 12.5. The molecule has 39 heavy (non-hydrogen) atoms. The maximum Gasteiger partial charge on any atom is 0.277 e. The van der Waals surface area contributed by atoms with Gasteiger partial charge in [-0.3, -0.25) is 4.79 Å². The van der Waals surface area contributed by atoms with Gasteiger partial charge in [0.25, 0.3) is 5.91 Å².